The predicted molar refractivity (Wildman–Crippen MR) is 64.2 cm³/mol. The van der Waals surface area contributed by atoms with E-state index in [1.165, 1.54) is 0 Å². The van der Waals surface area contributed by atoms with E-state index < -0.39 is 0 Å². The van der Waals surface area contributed by atoms with E-state index in [-0.39, 0.29) is 5.91 Å². The lowest BCUT2D eigenvalue weighted by molar-refractivity contribution is 0.0948. The second-order valence-corrected chi connectivity index (χ2v) is 3.79. The molecule has 0 aliphatic heterocycles. The van der Waals surface area contributed by atoms with Gasteiger partial charge in [-0.1, -0.05) is 30.3 Å². The first-order chi connectivity index (χ1) is 8.20. The van der Waals surface area contributed by atoms with Crippen molar-refractivity contribution >= 4 is 5.91 Å². The van der Waals surface area contributed by atoms with E-state index in [4.69, 9.17) is 5.84 Å². The van der Waals surface area contributed by atoms with Crippen molar-refractivity contribution < 1.29 is 4.79 Å². The summed E-state index contributed by atoms with van der Waals surface area (Å²) in [5.74, 6) is 4.69. The highest BCUT2D eigenvalue weighted by Crippen LogP contribution is 2.07. The second kappa shape index (κ2) is 4.80. The van der Waals surface area contributed by atoms with Crippen molar-refractivity contribution in [1.29, 1.82) is 0 Å². The molecule has 0 saturated carbocycles. The van der Waals surface area contributed by atoms with Crippen LogP contribution in [0.15, 0.2) is 36.4 Å². The zero-order valence-electron chi connectivity index (χ0n) is 9.55. The van der Waals surface area contributed by atoms with Crippen molar-refractivity contribution in [1.82, 2.24) is 15.2 Å². The van der Waals surface area contributed by atoms with Crippen LogP contribution in [0.2, 0.25) is 0 Å². The van der Waals surface area contributed by atoms with Crippen molar-refractivity contribution in [2.45, 2.75) is 13.5 Å². The number of aromatic nitrogens is 2. The molecule has 5 heteroatoms. The molecule has 0 bridgehead atoms. The Morgan fingerprint density at radius 3 is 2.76 bits per heavy atom. The van der Waals surface area contributed by atoms with Crippen molar-refractivity contribution in [3.8, 4) is 0 Å². The van der Waals surface area contributed by atoms with Crippen LogP contribution in [0.25, 0.3) is 0 Å². The van der Waals surface area contributed by atoms with Gasteiger partial charge in [-0.05, 0) is 18.6 Å². The van der Waals surface area contributed by atoms with E-state index >= 15 is 0 Å². The average Bonchev–Trinajstić information content (AvgIpc) is 2.71. The lowest BCUT2D eigenvalue weighted by Gasteiger charge is -2.03. The summed E-state index contributed by atoms with van der Waals surface area (Å²) in [4.78, 5) is 11.3. The molecule has 0 radical (unpaired) electrons. The number of benzene rings is 1. The first kappa shape index (κ1) is 11.3. The molecule has 17 heavy (non-hydrogen) atoms. The molecule has 1 aromatic heterocycles. The summed E-state index contributed by atoms with van der Waals surface area (Å²) >= 11 is 0. The van der Waals surface area contributed by atoms with Gasteiger partial charge in [0, 0.05) is 5.69 Å². The fraction of sp³-hybridized carbons (Fsp3) is 0.167. The first-order valence-electron chi connectivity index (χ1n) is 5.30. The summed E-state index contributed by atoms with van der Waals surface area (Å²) < 4.78 is 1.78. The minimum Gasteiger partial charge on any atom is -0.289 e. The van der Waals surface area contributed by atoms with Crippen molar-refractivity contribution in [2.75, 3.05) is 0 Å². The number of carbonyl (C=O) groups is 1. The van der Waals surface area contributed by atoms with Crippen molar-refractivity contribution in [3.63, 3.8) is 0 Å². The summed E-state index contributed by atoms with van der Waals surface area (Å²) in [6, 6.07) is 11.7. The molecule has 0 spiro atoms. The molecule has 0 aliphatic rings. The number of nitrogens with two attached hydrogens (primary N) is 1. The van der Waals surface area contributed by atoms with Crippen LogP contribution in [0.1, 0.15) is 21.7 Å². The molecule has 1 heterocycles. The molecule has 1 aromatic carbocycles. The highest BCUT2D eigenvalue weighted by molar-refractivity contribution is 5.91. The van der Waals surface area contributed by atoms with Crippen molar-refractivity contribution in [3.05, 3.63) is 53.3 Å². The number of nitrogens with zero attached hydrogens (tertiary/aromatic N) is 2. The van der Waals surface area contributed by atoms with Crippen LogP contribution < -0.4 is 11.3 Å². The number of carbonyl (C=O) groups excluding carboxylic acids is 1. The van der Waals surface area contributed by atoms with E-state index in [9.17, 15) is 4.79 Å². The van der Waals surface area contributed by atoms with Gasteiger partial charge in [0.1, 0.15) is 0 Å². The Bertz CT molecular complexity index is 519. The highest BCUT2D eigenvalue weighted by atomic mass is 16.2. The van der Waals surface area contributed by atoms with Crippen LogP contribution >= 0.6 is 0 Å². The summed E-state index contributed by atoms with van der Waals surface area (Å²) in [5, 5.41) is 4.20. The zero-order valence-corrected chi connectivity index (χ0v) is 9.55. The number of rotatable bonds is 3. The predicted octanol–water partition coefficient (Wildman–Crippen LogP) is 0.843. The molecule has 88 valence electrons. The van der Waals surface area contributed by atoms with Crippen LogP contribution in [0.4, 0.5) is 0 Å². The molecule has 3 N–H and O–H groups in total. The first-order valence-corrected chi connectivity index (χ1v) is 5.30. The molecule has 0 unspecified atom stereocenters. The van der Waals surface area contributed by atoms with Crippen LogP contribution in [0, 0.1) is 6.92 Å². The van der Waals surface area contributed by atoms with Crippen molar-refractivity contribution in [2.24, 2.45) is 5.84 Å². The second-order valence-electron chi connectivity index (χ2n) is 3.79. The molecular formula is C12H14N4O. The van der Waals surface area contributed by atoms with Crippen LogP contribution in [0.3, 0.4) is 0 Å². The third-order valence-corrected chi connectivity index (χ3v) is 2.52. The minimum atomic E-state index is -0.375. The monoisotopic (exact) mass is 230 g/mol. The van der Waals surface area contributed by atoms with Gasteiger partial charge < -0.3 is 0 Å². The van der Waals surface area contributed by atoms with Crippen LogP contribution in [0.5, 0.6) is 0 Å². The number of hydrazine groups is 1. The summed E-state index contributed by atoms with van der Waals surface area (Å²) in [6.45, 7) is 2.55. The van der Waals surface area contributed by atoms with E-state index in [0.29, 0.717) is 12.2 Å². The molecular weight excluding hydrogens is 216 g/mol. The third-order valence-electron chi connectivity index (χ3n) is 2.52. The van der Waals surface area contributed by atoms with Gasteiger partial charge in [0.15, 0.2) is 5.69 Å². The number of nitrogens with one attached hydrogen (secondary N) is 1. The number of hydrogen-bond acceptors (Lipinski definition) is 3. The number of nitrogen functional groups attached to an aromatic ring is 1. The molecule has 1 amide bonds. The number of amides is 1. The van der Waals surface area contributed by atoms with E-state index in [1.807, 2.05) is 37.3 Å². The third kappa shape index (κ3) is 2.51. The Kier molecular flexibility index (Phi) is 3.20. The standard InChI is InChI=1S/C12H14N4O/c1-9-7-11(12(17)14-13)15-16(9)8-10-5-3-2-4-6-10/h2-7H,8,13H2,1H3,(H,14,17). The maximum Gasteiger partial charge on any atom is 0.285 e. The molecule has 0 aliphatic carbocycles. The largest absolute Gasteiger partial charge is 0.289 e. The maximum absolute atomic E-state index is 11.3. The maximum atomic E-state index is 11.3. The average molecular weight is 230 g/mol. The SMILES string of the molecule is Cc1cc(C(=O)NN)nn1Cc1ccccc1. The lowest BCUT2D eigenvalue weighted by atomic mass is 10.2. The zero-order chi connectivity index (χ0) is 12.3. The number of aryl methyl sites for hydroxylation is 1. The van der Waals surface area contributed by atoms with Gasteiger partial charge in [-0.3, -0.25) is 14.9 Å². The normalized spacial score (nSPS) is 10.2. The Labute approximate surface area is 99.2 Å². The minimum absolute atomic E-state index is 0.334. The Morgan fingerprint density at radius 1 is 1.41 bits per heavy atom. The number of hydrogen-bond donors (Lipinski definition) is 2. The van der Waals surface area contributed by atoms with E-state index in [1.54, 1.807) is 10.7 Å². The van der Waals surface area contributed by atoms with Crippen LogP contribution in [-0.4, -0.2) is 15.7 Å². The smallest absolute Gasteiger partial charge is 0.285 e. The van der Waals surface area contributed by atoms with Gasteiger partial charge in [-0.15, -0.1) is 0 Å². The Morgan fingerprint density at radius 2 is 2.12 bits per heavy atom. The summed E-state index contributed by atoms with van der Waals surface area (Å²) in [5.41, 5.74) is 4.47. The van der Waals surface area contributed by atoms with Crippen LogP contribution in [-0.2, 0) is 6.54 Å². The van der Waals surface area contributed by atoms with Gasteiger partial charge >= 0.3 is 0 Å². The van der Waals surface area contributed by atoms with Gasteiger partial charge in [0.25, 0.3) is 5.91 Å². The van der Waals surface area contributed by atoms with E-state index in [0.717, 1.165) is 11.3 Å². The van der Waals surface area contributed by atoms with Gasteiger partial charge in [0.2, 0.25) is 0 Å². The summed E-state index contributed by atoms with van der Waals surface area (Å²) in [6.07, 6.45) is 0. The molecule has 0 saturated heterocycles. The lowest BCUT2D eigenvalue weighted by Crippen LogP contribution is -2.30. The fourth-order valence-corrected chi connectivity index (χ4v) is 1.61. The fourth-order valence-electron chi connectivity index (χ4n) is 1.61. The molecule has 5 nitrogen and oxygen atoms in total. The van der Waals surface area contributed by atoms with E-state index in [2.05, 4.69) is 10.5 Å². The van der Waals surface area contributed by atoms with Gasteiger partial charge in [-0.25, -0.2) is 5.84 Å². The summed E-state index contributed by atoms with van der Waals surface area (Å²) in [7, 11) is 0. The molecule has 0 fully saturated rings. The Hall–Kier alpha value is -2.14. The molecule has 2 aromatic rings. The van der Waals surface area contributed by atoms with Gasteiger partial charge in [-0.2, -0.15) is 5.10 Å². The Balaban J connectivity index is 2.22. The topological polar surface area (TPSA) is 72.9 Å². The molecule has 0 atom stereocenters. The molecule has 2 rings (SSSR count). The quantitative estimate of drug-likeness (QED) is 0.466. The van der Waals surface area contributed by atoms with Gasteiger partial charge in [0.05, 0.1) is 6.54 Å². The highest BCUT2D eigenvalue weighted by Gasteiger charge is 2.10.